The monoisotopic (exact) mass is 476 g/mol. The summed E-state index contributed by atoms with van der Waals surface area (Å²) in [5.41, 5.74) is 2.24. The van der Waals surface area contributed by atoms with Gasteiger partial charge in [0.25, 0.3) is 16.4 Å². The van der Waals surface area contributed by atoms with E-state index < -0.39 is 16.4 Å². The van der Waals surface area contributed by atoms with Crippen molar-refractivity contribution >= 4 is 21.7 Å². The van der Waals surface area contributed by atoms with Crippen molar-refractivity contribution in [2.24, 2.45) is 0 Å². The van der Waals surface area contributed by atoms with Gasteiger partial charge < -0.3 is 18.9 Å². The minimum atomic E-state index is -3.96. The fourth-order valence-corrected chi connectivity index (χ4v) is 4.46. The summed E-state index contributed by atoms with van der Waals surface area (Å²) in [6.07, 6.45) is -0.973. The largest absolute Gasteiger partial charge is 0.493 e. The SMILES string of the molecule is COc1cccc(-c2cc(Cl)cc3c2OC(COS(=O)(=O)c2ccc(C)cc2)O3)c1OC. The quantitative estimate of drug-likeness (QED) is 0.451. The molecule has 0 N–H and O–H groups in total. The first-order valence-electron chi connectivity index (χ1n) is 9.66. The van der Waals surface area contributed by atoms with Gasteiger partial charge in [-0.3, -0.25) is 4.18 Å². The predicted molar refractivity (Wildman–Crippen MR) is 119 cm³/mol. The van der Waals surface area contributed by atoms with Crippen molar-refractivity contribution in [3.63, 3.8) is 0 Å². The van der Waals surface area contributed by atoms with E-state index in [0.717, 1.165) is 5.56 Å². The van der Waals surface area contributed by atoms with Crippen LogP contribution in [-0.2, 0) is 14.3 Å². The first kappa shape index (κ1) is 22.3. The van der Waals surface area contributed by atoms with E-state index >= 15 is 0 Å². The summed E-state index contributed by atoms with van der Waals surface area (Å²) in [4.78, 5) is 0.0588. The summed E-state index contributed by atoms with van der Waals surface area (Å²) < 4.78 is 52.7. The van der Waals surface area contributed by atoms with Gasteiger partial charge in [0, 0.05) is 22.2 Å². The third kappa shape index (κ3) is 4.34. The average Bonchev–Trinajstić information content (AvgIpc) is 3.19. The van der Waals surface area contributed by atoms with Gasteiger partial charge in [-0.2, -0.15) is 8.42 Å². The van der Waals surface area contributed by atoms with Gasteiger partial charge in [-0.1, -0.05) is 41.4 Å². The van der Waals surface area contributed by atoms with E-state index in [-0.39, 0.29) is 11.5 Å². The molecule has 0 amide bonds. The molecule has 0 saturated heterocycles. The Morgan fingerprint density at radius 2 is 1.72 bits per heavy atom. The topological polar surface area (TPSA) is 80.3 Å². The lowest BCUT2D eigenvalue weighted by Crippen LogP contribution is -2.26. The molecule has 3 aromatic carbocycles. The highest BCUT2D eigenvalue weighted by Crippen LogP contribution is 2.49. The van der Waals surface area contributed by atoms with Gasteiger partial charge in [0.15, 0.2) is 23.0 Å². The van der Waals surface area contributed by atoms with Crippen LogP contribution >= 0.6 is 11.6 Å². The minimum absolute atomic E-state index is 0.0588. The lowest BCUT2D eigenvalue weighted by Gasteiger charge is -2.15. The number of hydrogen-bond acceptors (Lipinski definition) is 7. The number of benzene rings is 3. The van der Waals surface area contributed by atoms with E-state index in [0.29, 0.717) is 39.1 Å². The number of rotatable bonds is 7. The van der Waals surface area contributed by atoms with Gasteiger partial charge in [0.1, 0.15) is 6.61 Å². The summed E-state index contributed by atoms with van der Waals surface area (Å²) in [7, 11) is -0.880. The Hall–Kier alpha value is -2.94. The Morgan fingerprint density at radius 3 is 2.41 bits per heavy atom. The molecule has 9 heteroatoms. The molecule has 7 nitrogen and oxygen atoms in total. The van der Waals surface area contributed by atoms with Gasteiger partial charge in [-0.15, -0.1) is 0 Å². The number of ether oxygens (including phenoxy) is 4. The molecule has 1 aliphatic rings. The normalized spacial score (nSPS) is 14.9. The van der Waals surface area contributed by atoms with Crippen molar-refractivity contribution in [3.8, 4) is 34.1 Å². The molecule has 32 heavy (non-hydrogen) atoms. The highest BCUT2D eigenvalue weighted by Gasteiger charge is 2.31. The zero-order chi connectivity index (χ0) is 22.9. The number of para-hydroxylation sites is 1. The van der Waals surface area contributed by atoms with Crippen molar-refractivity contribution in [1.29, 1.82) is 0 Å². The van der Waals surface area contributed by atoms with Crippen molar-refractivity contribution in [2.75, 3.05) is 20.8 Å². The van der Waals surface area contributed by atoms with Crippen LogP contribution in [-0.4, -0.2) is 35.5 Å². The number of fused-ring (bicyclic) bond motifs is 1. The molecule has 0 aromatic heterocycles. The maximum atomic E-state index is 12.5. The summed E-state index contributed by atoms with van der Waals surface area (Å²) in [5.74, 6) is 1.83. The van der Waals surface area contributed by atoms with Crippen LogP contribution in [0.15, 0.2) is 59.5 Å². The molecule has 168 valence electrons. The maximum Gasteiger partial charge on any atom is 0.297 e. The molecule has 0 bridgehead atoms. The van der Waals surface area contributed by atoms with Crippen LogP contribution in [0.2, 0.25) is 5.02 Å². The minimum Gasteiger partial charge on any atom is -0.493 e. The van der Waals surface area contributed by atoms with E-state index in [2.05, 4.69) is 0 Å². The summed E-state index contributed by atoms with van der Waals surface area (Å²) in [6, 6.07) is 15.1. The van der Waals surface area contributed by atoms with Crippen LogP contribution in [0, 0.1) is 6.92 Å². The highest BCUT2D eigenvalue weighted by atomic mass is 35.5. The van der Waals surface area contributed by atoms with E-state index in [4.69, 9.17) is 34.7 Å². The second-order valence-electron chi connectivity index (χ2n) is 7.04. The molecule has 3 aromatic rings. The van der Waals surface area contributed by atoms with Gasteiger partial charge in [-0.25, -0.2) is 0 Å². The Bertz CT molecular complexity index is 1240. The Kier molecular flexibility index (Phi) is 6.19. The second kappa shape index (κ2) is 8.90. The lowest BCUT2D eigenvalue weighted by atomic mass is 10.0. The molecular weight excluding hydrogens is 456 g/mol. The zero-order valence-corrected chi connectivity index (χ0v) is 19.2. The van der Waals surface area contributed by atoms with E-state index in [9.17, 15) is 8.42 Å². The van der Waals surface area contributed by atoms with Gasteiger partial charge in [0.2, 0.25) is 0 Å². The summed E-state index contributed by atoms with van der Waals surface area (Å²) in [6.45, 7) is 1.53. The summed E-state index contributed by atoms with van der Waals surface area (Å²) in [5, 5.41) is 0.418. The van der Waals surface area contributed by atoms with Crippen LogP contribution in [0.1, 0.15) is 5.56 Å². The van der Waals surface area contributed by atoms with Crippen LogP contribution in [0.4, 0.5) is 0 Å². The van der Waals surface area contributed by atoms with Crippen molar-refractivity contribution in [3.05, 3.63) is 65.2 Å². The molecule has 4 rings (SSSR count). The van der Waals surface area contributed by atoms with Gasteiger partial charge >= 0.3 is 0 Å². The Balaban J connectivity index is 1.59. The highest BCUT2D eigenvalue weighted by molar-refractivity contribution is 7.86. The predicted octanol–water partition coefficient (Wildman–Crippen LogP) is 4.84. The molecule has 1 aliphatic heterocycles. The maximum absolute atomic E-state index is 12.5. The van der Waals surface area contributed by atoms with Crippen molar-refractivity contribution in [2.45, 2.75) is 18.1 Å². The smallest absolute Gasteiger partial charge is 0.297 e. The molecule has 0 radical (unpaired) electrons. The molecule has 1 unspecified atom stereocenters. The van der Waals surface area contributed by atoms with Gasteiger partial charge in [0.05, 0.1) is 19.1 Å². The Labute approximate surface area is 191 Å². The fraction of sp³-hybridized carbons (Fsp3) is 0.217. The van der Waals surface area contributed by atoms with E-state index in [1.807, 2.05) is 19.1 Å². The third-order valence-corrected chi connectivity index (χ3v) is 6.40. The number of aryl methyl sites for hydroxylation is 1. The molecule has 0 saturated carbocycles. The van der Waals surface area contributed by atoms with Gasteiger partial charge in [-0.05, 0) is 31.2 Å². The first-order valence-corrected chi connectivity index (χ1v) is 11.5. The van der Waals surface area contributed by atoms with Crippen molar-refractivity contribution < 1.29 is 31.5 Å². The third-order valence-electron chi connectivity index (χ3n) is 4.89. The lowest BCUT2D eigenvalue weighted by molar-refractivity contribution is 0.00992. The fourth-order valence-electron chi connectivity index (χ4n) is 3.36. The number of hydrogen-bond donors (Lipinski definition) is 0. The molecule has 1 atom stereocenters. The zero-order valence-electron chi connectivity index (χ0n) is 17.6. The molecule has 0 spiro atoms. The molecular formula is C23H21ClO7S. The molecule has 1 heterocycles. The number of methoxy groups -OCH3 is 2. The van der Waals surface area contributed by atoms with E-state index in [1.165, 1.54) is 19.2 Å². The van der Waals surface area contributed by atoms with E-state index in [1.54, 1.807) is 37.4 Å². The average molecular weight is 477 g/mol. The number of halogens is 1. The van der Waals surface area contributed by atoms with Crippen LogP contribution < -0.4 is 18.9 Å². The van der Waals surface area contributed by atoms with Crippen LogP contribution in [0.5, 0.6) is 23.0 Å². The van der Waals surface area contributed by atoms with Crippen LogP contribution in [0.25, 0.3) is 11.1 Å². The molecule has 0 fully saturated rings. The second-order valence-corrected chi connectivity index (χ2v) is 9.09. The van der Waals surface area contributed by atoms with Crippen LogP contribution in [0.3, 0.4) is 0 Å². The first-order chi connectivity index (χ1) is 15.3. The Morgan fingerprint density at radius 1 is 0.969 bits per heavy atom. The standard InChI is InChI=1S/C23H21ClO7S/c1-14-7-9-16(10-8-14)32(25,26)29-13-21-30-20-12-15(24)11-18(23(20)31-21)17-5-4-6-19(27-2)22(17)28-3/h4-12,21H,13H2,1-3H3. The molecule has 0 aliphatic carbocycles. The summed E-state index contributed by atoms with van der Waals surface area (Å²) >= 11 is 6.30. The van der Waals surface area contributed by atoms with Crippen molar-refractivity contribution in [1.82, 2.24) is 0 Å².